The van der Waals surface area contributed by atoms with Crippen LogP contribution in [0.2, 0.25) is 5.02 Å². The standard InChI is InChI=1S/C14H9ClN2O/c15-12-6-5-10(8-16)7-13(12)17-9-11-3-1-2-4-14(11)18/h1-7,9,18H/b17-9+. The van der Waals surface area contributed by atoms with Gasteiger partial charge >= 0.3 is 0 Å². The molecule has 0 saturated carbocycles. The lowest BCUT2D eigenvalue weighted by Gasteiger charge is -1.99. The van der Waals surface area contributed by atoms with Crippen molar-refractivity contribution >= 4 is 23.5 Å². The van der Waals surface area contributed by atoms with E-state index in [1.807, 2.05) is 6.07 Å². The summed E-state index contributed by atoms with van der Waals surface area (Å²) in [4.78, 5) is 4.18. The number of phenols is 1. The average Bonchev–Trinajstić information content (AvgIpc) is 2.39. The summed E-state index contributed by atoms with van der Waals surface area (Å²) in [6.45, 7) is 0. The molecule has 2 aromatic rings. The predicted molar refractivity (Wildman–Crippen MR) is 71.5 cm³/mol. The number of aromatic hydroxyl groups is 1. The van der Waals surface area contributed by atoms with Crippen LogP contribution in [-0.4, -0.2) is 11.3 Å². The van der Waals surface area contributed by atoms with Crippen LogP contribution in [0.3, 0.4) is 0 Å². The van der Waals surface area contributed by atoms with Gasteiger partial charge in [-0.15, -0.1) is 0 Å². The third-order valence-electron chi connectivity index (χ3n) is 2.35. The number of rotatable bonds is 2. The minimum absolute atomic E-state index is 0.147. The minimum atomic E-state index is 0.147. The summed E-state index contributed by atoms with van der Waals surface area (Å²) in [7, 11) is 0. The van der Waals surface area contributed by atoms with E-state index in [1.54, 1.807) is 42.5 Å². The van der Waals surface area contributed by atoms with Crippen molar-refractivity contribution in [2.24, 2.45) is 4.99 Å². The fourth-order valence-corrected chi connectivity index (χ4v) is 1.58. The average molecular weight is 257 g/mol. The largest absolute Gasteiger partial charge is 0.507 e. The Labute approximate surface area is 110 Å². The number of phenolic OH excluding ortho intramolecular Hbond substituents is 1. The maximum atomic E-state index is 9.58. The Morgan fingerprint density at radius 2 is 2.00 bits per heavy atom. The Balaban J connectivity index is 2.35. The van der Waals surface area contributed by atoms with E-state index < -0.39 is 0 Å². The van der Waals surface area contributed by atoms with Gasteiger partial charge in [0.2, 0.25) is 0 Å². The number of hydrogen-bond acceptors (Lipinski definition) is 3. The zero-order chi connectivity index (χ0) is 13.0. The van der Waals surface area contributed by atoms with Crippen LogP contribution in [0.1, 0.15) is 11.1 Å². The molecule has 1 N–H and O–H groups in total. The van der Waals surface area contributed by atoms with E-state index in [4.69, 9.17) is 16.9 Å². The van der Waals surface area contributed by atoms with E-state index in [0.717, 1.165) is 0 Å². The van der Waals surface area contributed by atoms with E-state index in [9.17, 15) is 5.11 Å². The van der Waals surface area contributed by atoms with Crippen LogP contribution in [0, 0.1) is 11.3 Å². The first-order chi connectivity index (χ1) is 8.70. The normalized spacial score (nSPS) is 10.4. The number of hydrogen-bond donors (Lipinski definition) is 1. The van der Waals surface area contributed by atoms with E-state index in [-0.39, 0.29) is 5.75 Å². The van der Waals surface area contributed by atoms with Crippen molar-refractivity contribution in [2.45, 2.75) is 0 Å². The molecule has 2 rings (SSSR count). The Bertz CT molecular complexity index is 644. The molecule has 0 atom stereocenters. The van der Waals surface area contributed by atoms with Gasteiger partial charge in [0.25, 0.3) is 0 Å². The van der Waals surface area contributed by atoms with E-state index >= 15 is 0 Å². The molecule has 3 nitrogen and oxygen atoms in total. The molecule has 0 radical (unpaired) electrons. The number of aliphatic imine (C=N–C) groups is 1. The maximum Gasteiger partial charge on any atom is 0.124 e. The van der Waals surface area contributed by atoms with E-state index in [0.29, 0.717) is 21.8 Å². The van der Waals surface area contributed by atoms with Gasteiger partial charge in [0.15, 0.2) is 0 Å². The fourth-order valence-electron chi connectivity index (χ4n) is 1.42. The van der Waals surface area contributed by atoms with Crippen LogP contribution in [0.25, 0.3) is 0 Å². The van der Waals surface area contributed by atoms with Gasteiger partial charge in [-0.1, -0.05) is 23.7 Å². The Morgan fingerprint density at radius 1 is 1.22 bits per heavy atom. The molecule has 2 aromatic carbocycles. The second-order valence-corrected chi connectivity index (χ2v) is 4.00. The van der Waals surface area contributed by atoms with Gasteiger partial charge in [0, 0.05) is 11.8 Å². The lowest BCUT2D eigenvalue weighted by molar-refractivity contribution is 0.474. The highest BCUT2D eigenvalue weighted by atomic mass is 35.5. The summed E-state index contributed by atoms with van der Waals surface area (Å²) in [5.74, 6) is 0.147. The second-order valence-electron chi connectivity index (χ2n) is 3.60. The zero-order valence-corrected chi connectivity index (χ0v) is 10.1. The highest BCUT2D eigenvalue weighted by Crippen LogP contribution is 2.26. The third kappa shape index (κ3) is 2.68. The number of benzene rings is 2. The molecule has 0 saturated heterocycles. The Kier molecular flexibility index (Phi) is 3.61. The molecule has 0 fully saturated rings. The fraction of sp³-hybridized carbons (Fsp3) is 0. The molecule has 0 spiro atoms. The van der Waals surface area contributed by atoms with Gasteiger partial charge in [0.1, 0.15) is 5.75 Å². The molecule has 88 valence electrons. The van der Waals surface area contributed by atoms with Crippen molar-refractivity contribution in [1.29, 1.82) is 5.26 Å². The highest BCUT2D eigenvalue weighted by molar-refractivity contribution is 6.33. The van der Waals surface area contributed by atoms with Gasteiger partial charge in [-0.05, 0) is 30.3 Å². The topological polar surface area (TPSA) is 56.4 Å². The molecule has 4 heteroatoms. The molecule has 18 heavy (non-hydrogen) atoms. The maximum absolute atomic E-state index is 9.58. The summed E-state index contributed by atoms with van der Waals surface area (Å²) in [6, 6.07) is 13.7. The summed E-state index contributed by atoms with van der Waals surface area (Å²) < 4.78 is 0. The predicted octanol–water partition coefficient (Wildman–Crippen LogP) is 3.67. The number of para-hydroxylation sites is 1. The van der Waals surface area contributed by atoms with Gasteiger partial charge in [-0.2, -0.15) is 5.26 Å². The van der Waals surface area contributed by atoms with Crippen molar-refractivity contribution in [3.8, 4) is 11.8 Å². The van der Waals surface area contributed by atoms with E-state index in [2.05, 4.69) is 4.99 Å². The molecular formula is C14H9ClN2O. The smallest absolute Gasteiger partial charge is 0.124 e. The quantitative estimate of drug-likeness (QED) is 0.834. The molecule has 0 aliphatic carbocycles. The van der Waals surface area contributed by atoms with Crippen LogP contribution in [0.5, 0.6) is 5.75 Å². The van der Waals surface area contributed by atoms with Gasteiger partial charge in [-0.25, -0.2) is 0 Å². The Morgan fingerprint density at radius 3 is 2.72 bits per heavy atom. The summed E-state index contributed by atoms with van der Waals surface area (Å²) in [5, 5.41) is 18.8. The van der Waals surface area contributed by atoms with Crippen LogP contribution < -0.4 is 0 Å². The monoisotopic (exact) mass is 256 g/mol. The van der Waals surface area contributed by atoms with Crippen LogP contribution >= 0.6 is 11.6 Å². The summed E-state index contributed by atoms with van der Waals surface area (Å²) >= 11 is 5.97. The number of nitrogens with zero attached hydrogens (tertiary/aromatic N) is 2. The summed E-state index contributed by atoms with van der Waals surface area (Å²) in [5.41, 5.74) is 1.58. The molecule has 0 aliphatic heterocycles. The molecule has 0 aliphatic rings. The van der Waals surface area contributed by atoms with Crippen LogP contribution in [0.4, 0.5) is 5.69 Å². The molecule has 0 amide bonds. The molecule has 0 heterocycles. The first-order valence-electron chi connectivity index (χ1n) is 5.22. The van der Waals surface area contributed by atoms with Crippen molar-refractivity contribution in [1.82, 2.24) is 0 Å². The first-order valence-corrected chi connectivity index (χ1v) is 5.60. The second kappa shape index (κ2) is 5.35. The highest BCUT2D eigenvalue weighted by Gasteiger charge is 2.01. The molecule has 0 unspecified atom stereocenters. The van der Waals surface area contributed by atoms with Gasteiger partial charge < -0.3 is 5.11 Å². The summed E-state index contributed by atoms with van der Waals surface area (Å²) in [6.07, 6.45) is 1.51. The molecule has 0 aromatic heterocycles. The molecule has 0 bridgehead atoms. The third-order valence-corrected chi connectivity index (χ3v) is 2.67. The van der Waals surface area contributed by atoms with Gasteiger partial charge in [0.05, 0.1) is 22.3 Å². The Hall–Kier alpha value is -2.31. The van der Waals surface area contributed by atoms with Gasteiger partial charge in [-0.3, -0.25) is 4.99 Å². The number of halogens is 1. The zero-order valence-electron chi connectivity index (χ0n) is 9.34. The lowest BCUT2D eigenvalue weighted by Crippen LogP contribution is -1.82. The van der Waals surface area contributed by atoms with Crippen molar-refractivity contribution in [2.75, 3.05) is 0 Å². The van der Waals surface area contributed by atoms with Crippen molar-refractivity contribution < 1.29 is 5.11 Å². The SMILES string of the molecule is N#Cc1ccc(Cl)c(/N=C/c2ccccc2O)c1. The van der Waals surface area contributed by atoms with Crippen molar-refractivity contribution in [3.63, 3.8) is 0 Å². The van der Waals surface area contributed by atoms with Crippen LogP contribution in [0.15, 0.2) is 47.5 Å². The molecular weight excluding hydrogens is 248 g/mol. The lowest BCUT2D eigenvalue weighted by atomic mass is 10.2. The number of nitriles is 1. The van der Waals surface area contributed by atoms with Crippen molar-refractivity contribution in [3.05, 3.63) is 58.6 Å². The minimum Gasteiger partial charge on any atom is -0.507 e. The van der Waals surface area contributed by atoms with E-state index in [1.165, 1.54) is 6.21 Å². The first kappa shape index (κ1) is 12.2. The van der Waals surface area contributed by atoms with Crippen LogP contribution in [-0.2, 0) is 0 Å².